The molecular weight excluding hydrogens is 304 g/mol. The van der Waals surface area contributed by atoms with Gasteiger partial charge in [-0.3, -0.25) is 14.3 Å². The van der Waals surface area contributed by atoms with Gasteiger partial charge in [0.1, 0.15) is 0 Å². The van der Waals surface area contributed by atoms with Crippen molar-refractivity contribution in [3.05, 3.63) is 47.8 Å². The lowest BCUT2D eigenvalue weighted by Gasteiger charge is -2.31. The molecule has 1 aromatic carbocycles. The van der Waals surface area contributed by atoms with Crippen LogP contribution in [0.15, 0.2) is 36.7 Å². The van der Waals surface area contributed by atoms with Gasteiger partial charge in [-0.05, 0) is 24.5 Å². The van der Waals surface area contributed by atoms with E-state index in [1.165, 1.54) is 0 Å². The van der Waals surface area contributed by atoms with Gasteiger partial charge in [0.25, 0.3) is 0 Å². The number of amides is 2. The van der Waals surface area contributed by atoms with E-state index in [-0.39, 0.29) is 24.3 Å². The fourth-order valence-electron chi connectivity index (χ4n) is 3.82. The first kappa shape index (κ1) is 14.9. The van der Waals surface area contributed by atoms with Crippen molar-refractivity contribution < 1.29 is 9.59 Å². The molecule has 2 amide bonds. The van der Waals surface area contributed by atoms with Crippen LogP contribution in [0.25, 0.3) is 0 Å². The molecule has 1 N–H and O–H groups in total. The Morgan fingerprint density at radius 3 is 2.96 bits per heavy atom. The SMILES string of the molecule is Cn1cc([C@@H]2CCCN2C(=O)[C@H]2CC(=O)Nc3ccccc32)cn1. The van der Waals surface area contributed by atoms with Crippen LogP contribution in [0.2, 0.25) is 0 Å². The van der Waals surface area contributed by atoms with Crippen molar-refractivity contribution in [1.82, 2.24) is 14.7 Å². The second-order valence-electron chi connectivity index (χ2n) is 6.53. The number of hydrogen-bond acceptors (Lipinski definition) is 3. The molecule has 0 radical (unpaired) electrons. The molecule has 0 bridgehead atoms. The van der Waals surface area contributed by atoms with Crippen LogP contribution >= 0.6 is 0 Å². The highest BCUT2D eigenvalue weighted by atomic mass is 16.2. The van der Waals surface area contributed by atoms with Crippen LogP contribution in [0, 0.1) is 0 Å². The molecule has 0 unspecified atom stereocenters. The van der Waals surface area contributed by atoms with E-state index < -0.39 is 5.92 Å². The fraction of sp³-hybridized carbons (Fsp3) is 0.389. The molecule has 1 aromatic heterocycles. The Hall–Kier alpha value is -2.63. The van der Waals surface area contributed by atoms with E-state index in [1.807, 2.05) is 48.6 Å². The number of nitrogens with one attached hydrogen (secondary N) is 1. The monoisotopic (exact) mass is 324 g/mol. The molecule has 124 valence electrons. The summed E-state index contributed by atoms with van der Waals surface area (Å²) >= 11 is 0. The Labute approximate surface area is 140 Å². The van der Waals surface area contributed by atoms with Gasteiger partial charge in [-0.1, -0.05) is 18.2 Å². The van der Waals surface area contributed by atoms with Crippen LogP contribution in [0.4, 0.5) is 5.69 Å². The summed E-state index contributed by atoms with van der Waals surface area (Å²) in [7, 11) is 1.88. The van der Waals surface area contributed by atoms with E-state index >= 15 is 0 Å². The van der Waals surface area contributed by atoms with Crippen molar-refractivity contribution in [2.45, 2.75) is 31.2 Å². The first-order valence-corrected chi connectivity index (χ1v) is 8.31. The number of anilines is 1. The number of fused-ring (bicyclic) bond motifs is 1. The zero-order valence-corrected chi connectivity index (χ0v) is 13.6. The second-order valence-corrected chi connectivity index (χ2v) is 6.53. The number of carbonyl (C=O) groups is 2. The summed E-state index contributed by atoms with van der Waals surface area (Å²) in [6.45, 7) is 0.735. The highest BCUT2D eigenvalue weighted by molar-refractivity contribution is 6.01. The van der Waals surface area contributed by atoms with Gasteiger partial charge in [-0.15, -0.1) is 0 Å². The Bertz CT molecular complexity index is 798. The van der Waals surface area contributed by atoms with Gasteiger partial charge in [0.05, 0.1) is 18.2 Å². The molecule has 0 aliphatic carbocycles. The maximum Gasteiger partial charge on any atom is 0.231 e. The van der Waals surface area contributed by atoms with Gasteiger partial charge in [-0.25, -0.2) is 0 Å². The molecule has 6 heteroatoms. The largest absolute Gasteiger partial charge is 0.335 e. The smallest absolute Gasteiger partial charge is 0.231 e. The van der Waals surface area contributed by atoms with E-state index in [0.29, 0.717) is 0 Å². The molecule has 0 saturated carbocycles. The molecule has 1 saturated heterocycles. The molecule has 2 aliphatic rings. The summed E-state index contributed by atoms with van der Waals surface area (Å²) in [6, 6.07) is 7.64. The van der Waals surface area contributed by atoms with Crippen LogP contribution in [-0.2, 0) is 16.6 Å². The number of nitrogens with zero attached hydrogens (tertiary/aromatic N) is 3. The standard InChI is InChI=1S/C18H20N4O2/c1-21-11-12(10-19-21)16-7-4-8-22(16)18(24)14-9-17(23)20-15-6-3-2-5-13(14)15/h2-3,5-6,10-11,14,16H,4,7-9H2,1H3,(H,20,23)/t14-,16-/m0/s1. The van der Waals surface area contributed by atoms with E-state index in [2.05, 4.69) is 10.4 Å². The van der Waals surface area contributed by atoms with Gasteiger partial charge in [0.15, 0.2) is 0 Å². The van der Waals surface area contributed by atoms with Crippen molar-refractivity contribution in [2.75, 3.05) is 11.9 Å². The Balaban J connectivity index is 1.64. The van der Waals surface area contributed by atoms with Crippen LogP contribution < -0.4 is 5.32 Å². The van der Waals surface area contributed by atoms with Gasteiger partial charge in [-0.2, -0.15) is 5.10 Å². The minimum absolute atomic E-state index is 0.0450. The number of carbonyl (C=O) groups excluding carboxylic acids is 2. The van der Waals surface area contributed by atoms with E-state index in [9.17, 15) is 9.59 Å². The predicted octanol–water partition coefficient (Wildman–Crippen LogP) is 2.21. The lowest BCUT2D eigenvalue weighted by molar-refractivity contribution is -0.135. The third kappa shape index (κ3) is 2.48. The molecular formula is C18H20N4O2. The lowest BCUT2D eigenvalue weighted by Crippen LogP contribution is -2.38. The second kappa shape index (κ2) is 5.78. The first-order chi connectivity index (χ1) is 11.6. The number of aryl methyl sites for hydroxylation is 1. The molecule has 24 heavy (non-hydrogen) atoms. The average molecular weight is 324 g/mol. The van der Waals surface area contributed by atoms with Crippen molar-refractivity contribution in [3.8, 4) is 0 Å². The minimum atomic E-state index is -0.396. The minimum Gasteiger partial charge on any atom is -0.335 e. The molecule has 1 fully saturated rings. The highest BCUT2D eigenvalue weighted by Crippen LogP contribution is 2.38. The Morgan fingerprint density at radius 1 is 1.33 bits per heavy atom. The zero-order chi connectivity index (χ0) is 16.7. The van der Waals surface area contributed by atoms with Gasteiger partial charge < -0.3 is 10.2 Å². The number of hydrogen-bond donors (Lipinski definition) is 1. The highest BCUT2D eigenvalue weighted by Gasteiger charge is 2.38. The number of likely N-dealkylation sites (tertiary alicyclic amines) is 1. The van der Waals surface area contributed by atoms with E-state index in [1.54, 1.807) is 4.68 Å². The maximum absolute atomic E-state index is 13.2. The zero-order valence-electron chi connectivity index (χ0n) is 13.6. The van der Waals surface area contributed by atoms with Gasteiger partial charge in [0, 0.05) is 37.5 Å². The molecule has 4 rings (SSSR count). The van der Waals surface area contributed by atoms with Crippen molar-refractivity contribution in [1.29, 1.82) is 0 Å². The molecule has 2 atom stereocenters. The Kier molecular flexibility index (Phi) is 3.59. The number of benzene rings is 1. The summed E-state index contributed by atoms with van der Waals surface area (Å²) in [5.74, 6) is -0.444. The van der Waals surface area contributed by atoms with Crippen molar-refractivity contribution in [2.24, 2.45) is 7.05 Å². The van der Waals surface area contributed by atoms with Crippen LogP contribution in [0.3, 0.4) is 0 Å². The van der Waals surface area contributed by atoms with Gasteiger partial charge in [0.2, 0.25) is 11.8 Å². The van der Waals surface area contributed by atoms with E-state index in [0.717, 1.165) is 36.2 Å². The first-order valence-electron chi connectivity index (χ1n) is 8.31. The number of para-hydroxylation sites is 1. The molecule has 0 spiro atoms. The van der Waals surface area contributed by atoms with Crippen molar-refractivity contribution in [3.63, 3.8) is 0 Å². The topological polar surface area (TPSA) is 67.2 Å². The molecule has 2 aliphatic heterocycles. The normalized spacial score (nSPS) is 23.0. The molecule has 6 nitrogen and oxygen atoms in total. The van der Waals surface area contributed by atoms with Crippen LogP contribution in [0.5, 0.6) is 0 Å². The van der Waals surface area contributed by atoms with Crippen LogP contribution in [0.1, 0.15) is 42.3 Å². The summed E-state index contributed by atoms with van der Waals surface area (Å²) in [5, 5.41) is 7.09. The summed E-state index contributed by atoms with van der Waals surface area (Å²) < 4.78 is 1.76. The third-order valence-corrected chi connectivity index (χ3v) is 4.94. The number of aromatic nitrogens is 2. The van der Waals surface area contributed by atoms with E-state index in [4.69, 9.17) is 0 Å². The molecule has 3 heterocycles. The van der Waals surface area contributed by atoms with Crippen LogP contribution in [-0.4, -0.2) is 33.0 Å². The van der Waals surface area contributed by atoms with Gasteiger partial charge >= 0.3 is 0 Å². The summed E-state index contributed by atoms with van der Waals surface area (Å²) in [6.07, 6.45) is 5.94. The predicted molar refractivity (Wildman–Crippen MR) is 89.3 cm³/mol. The number of rotatable bonds is 2. The average Bonchev–Trinajstić information content (AvgIpc) is 3.21. The summed E-state index contributed by atoms with van der Waals surface area (Å²) in [4.78, 5) is 27.2. The fourth-order valence-corrected chi connectivity index (χ4v) is 3.82. The Morgan fingerprint density at radius 2 is 2.17 bits per heavy atom. The van der Waals surface area contributed by atoms with Crippen molar-refractivity contribution >= 4 is 17.5 Å². The third-order valence-electron chi connectivity index (χ3n) is 4.94. The lowest BCUT2D eigenvalue weighted by atomic mass is 9.89. The maximum atomic E-state index is 13.2. The summed E-state index contributed by atoms with van der Waals surface area (Å²) in [5.41, 5.74) is 2.74. The quantitative estimate of drug-likeness (QED) is 0.921. The molecule has 2 aromatic rings.